The van der Waals surface area contributed by atoms with E-state index in [1.54, 1.807) is 32.4 Å². The Balaban J connectivity index is 1.77. The molecule has 7 heteroatoms. The normalized spacial score (nSPS) is 10.7. The zero-order valence-corrected chi connectivity index (χ0v) is 17.2. The molecule has 1 N–H and O–H groups in total. The van der Waals surface area contributed by atoms with Crippen molar-refractivity contribution in [3.8, 4) is 17.2 Å². The third kappa shape index (κ3) is 6.60. The van der Waals surface area contributed by atoms with Crippen molar-refractivity contribution in [3.05, 3.63) is 52.0 Å². The van der Waals surface area contributed by atoms with Gasteiger partial charge < -0.3 is 14.2 Å². The van der Waals surface area contributed by atoms with Crippen LogP contribution in [0.1, 0.15) is 24.0 Å². The highest BCUT2D eigenvalue weighted by molar-refractivity contribution is 9.10. The number of hydrazone groups is 1. The standard InChI is InChI=1S/C20H23BrN2O4/c1-14-6-8-19(17(21)11-14)27-10-4-5-20(24)23-22-13-15-12-16(25-2)7-9-18(15)26-3/h6-9,11-13H,4-5,10H2,1-3H3,(H,23,24)/b22-13+. The Morgan fingerprint density at radius 2 is 1.93 bits per heavy atom. The van der Waals surface area contributed by atoms with Gasteiger partial charge in [0.2, 0.25) is 5.91 Å². The lowest BCUT2D eigenvalue weighted by Crippen LogP contribution is -2.18. The van der Waals surface area contributed by atoms with E-state index in [2.05, 4.69) is 26.5 Å². The number of halogens is 1. The molecular weight excluding hydrogens is 412 g/mol. The predicted octanol–water partition coefficient (Wildman–Crippen LogP) is 4.08. The molecule has 0 radical (unpaired) electrons. The summed E-state index contributed by atoms with van der Waals surface area (Å²) < 4.78 is 17.0. The highest BCUT2D eigenvalue weighted by Crippen LogP contribution is 2.26. The molecule has 2 rings (SSSR count). The van der Waals surface area contributed by atoms with Gasteiger partial charge >= 0.3 is 0 Å². The van der Waals surface area contributed by atoms with E-state index < -0.39 is 0 Å². The summed E-state index contributed by atoms with van der Waals surface area (Å²) >= 11 is 3.46. The van der Waals surface area contributed by atoms with Gasteiger partial charge in [-0.05, 0) is 65.2 Å². The van der Waals surface area contributed by atoms with Crippen LogP contribution in [0.25, 0.3) is 0 Å². The summed E-state index contributed by atoms with van der Waals surface area (Å²) in [4.78, 5) is 11.9. The summed E-state index contributed by atoms with van der Waals surface area (Å²) in [6.45, 7) is 2.46. The number of rotatable bonds is 9. The number of ether oxygens (including phenoxy) is 3. The van der Waals surface area contributed by atoms with Crippen molar-refractivity contribution in [1.82, 2.24) is 5.43 Å². The first-order chi connectivity index (χ1) is 13.0. The molecular formula is C20H23BrN2O4. The number of hydrogen-bond acceptors (Lipinski definition) is 5. The topological polar surface area (TPSA) is 69.2 Å². The van der Waals surface area contributed by atoms with E-state index in [4.69, 9.17) is 14.2 Å². The Hall–Kier alpha value is -2.54. The minimum Gasteiger partial charge on any atom is -0.497 e. The molecule has 27 heavy (non-hydrogen) atoms. The van der Waals surface area contributed by atoms with Crippen molar-refractivity contribution in [2.24, 2.45) is 5.10 Å². The smallest absolute Gasteiger partial charge is 0.240 e. The quantitative estimate of drug-likeness (QED) is 0.366. The Morgan fingerprint density at radius 1 is 1.15 bits per heavy atom. The molecule has 0 fully saturated rings. The monoisotopic (exact) mass is 434 g/mol. The SMILES string of the molecule is COc1ccc(OC)c(/C=N/NC(=O)CCCOc2ccc(C)cc2Br)c1. The summed E-state index contributed by atoms with van der Waals surface area (Å²) in [5.74, 6) is 1.91. The Labute approximate surface area is 167 Å². The summed E-state index contributed by atoms with van der Waals surface area (Å²) in [6, 6.07) is 11.2. The lowest BCUT2D eigenvalue weighted by molar-refractivity contribution is -0.121. The van der Waals surface area contributed by atoms with E-state index in [0.717, 1.165) is 15.8 Å². The number of benzene rings is 2. The maximum Gasteiger partial charge on any atom is 0.240 e. The molecule has 0 unspecified atom stereocenters. The van der Waals surface area contributed by atoms with E-state index in [0.29, 0.717) is 36.5 Å². The molecule has 0 saturated heterocycles. The molecule has 0 aliphatic heterocycles. The first-order valence-electron chi connectivity index (χ1n) is 8.46. The van der Waals surface area contributed by atoms with Crippen LogP contribution in [-0.2, 0) is 4.79 Å². The second-order valence-corrected chi connectivity index (χ2v) is 6.64. The summed E-state index contributed by atoms with van der Waals surface area (Å²) in [5.41, 5.74) is 4.37. The molecule has 6 nitrogen and oxygen atoms in total. The molecule has 0 aliphatic rings. The lowest BCUT2D eigenvalue weighted by atomic mass is 10.2. The van der Waals surface area contributed by atoms with Gasteiger partial charge in [0, 0.05) is 12.0 Å². The van der Waals surface area contributed by atoms with Gasteiger partial charge in [0.05, 0.1) is 31.5 Å². The number of methoxy groups -OCH3 is 2. The highest BCUT2D eigenvalue weighted by Gasteiger charge is 2.05. The summed E-state index contributed by atoms with van der Waals surface area (Å²) in [6.07, 6.45) is 2.43. The molecule has 0 aliphatic carbocycles. The molecule has 0 atom stereocenters. The molecule has 2 aromatic carbocycles. The zero-order chi connectivity index (χ0) is 19.6. The number of nitrogens with zero attached hydrogens (tertiary/aromatic N) is 1. The number of carbonyl (C=O) groups excluding carboxylic acids is 1. The second-order valence-electron chi connectivity index (χ2n) is 5.79. The van der Waals surface area contributed by atoms with Crippen LogP contribution in [0.2, 0.25) is 0 Å². The maximum atomic E-state index is 11.9. The molecule has 1 amide bonds. The van der Waals surface area contributed by atoms with Gasteiger partial charge in [-0.2, -0.15) is 5.10 Å². The molecule has 2 aromatic rings. The van der Waals surface area contributed by atoms with Gasteiger partial charge in [-0.3, -0.25) is 4.79 Å². The minimum absolute atomic E-state index is 0.181. The van der Waals surface area contributed by atoms with Crippen LogP contribution < -0.4 is 19.6 Å². The van der Waals surface area contributed by atoms with Crippen molar-refractivity contribution >= 4 is 28.1 Å². The third-order valence-corrected chi connectivity index (χ3v) is 4.34. The van der Waals surface area contributed by atoms with Crippen molar-refractivity contribution in [1.29, 1.82) is 0 Å². The molecule has 0 heterocycles. The molecule has 144 valence electrons. The number of hydrogen-bond donors (Lipinski definition) is 1. The van der Waals surface area contributed by atoms with Gasteiger partial charge in [0.15, 0.2) is 0 Å². The largest absolute Gasteiger partial charge is 0.497 e. The van der Waals surface area contributed by atoms with Crippen LogP contribution in [0.3, 0.4) is 0 Å². The average Bonchev–Trinajstić information content (AvgIpc) is 2.66. The van der Waals surface area contributed by atoms with Crippen molar-refractivity contribution in [2.45, 2.75) is 19.8 Å². The number of aryl methyl sites for hydroxylation is 1. The van der Waals surface area contributed by atoms with Crippen LogP contribution in [-0.4, -0.2) is 32.9 Å². The fourth-order valence-corrected chi connectivity index (χ4v) is 2.92. The Morgan fingerprint density at radius 3 is 2.63 bits per heavy atom. The number of amides is 1. The van der Waals surface area contributed by atoms with E-state index in [-0.39, 0.29) is 5.91 Å². The Bertz CT molecular complexity index is 809. The van der Waals surface area contributed by atoms with E-state index in [1.165, 1.54) is 6.21 Å². The van der Waals surface area contributed by atoms with Crippen LogP contribution >= 0.6 is 15.9 Å². The average molecular weight is 435 g/mol. The Kier molecular flexibility index (Phi) is 8.13. The highest BCUT2D eigenvalue weighted by atomic mass is 79.9. The van der Waals surface area contributed by atoms with E-state index >= 15 is 0 Å². The van der Waals surface area contributed by atoms with Crippen molar-refractivity contribution in [3.63, 3.8) is 0 Å². The van der Waals surface area contributed by atoms with Crippen molar-refractivity contribution in [2.75, 3.05) is 20.8 Å². The van der Waals surface area contributed by atoms with Crippen LogP contribution in [0.5, 0.6) is 17.2 Å². The van der Waals surface area contributed by atoms with Gasteiger partial charge in [0.25, 0.3) is 0 Å². The molecule has 0 bridgehead atoms. The van der Waals surface area contributed by atoms with Crippen LogP contribution in [0.15, 0.2) is 46.0 Å². The maximum absolute atomic E-state index is 11.9. The fraction of sp³-hybridized carbons (Fsp3) is 0.300. The van der Waals surface area contributed by atoms with Gasteiger partial charge in [0.1, 0.15) is 17.2 Å². The van der Waals surface area contributed by atoms with E-state index in [9.17, 15) is 4.79 Å². The van der Waals surface area contributed by atoms with E-state index in [1.807, 2.05) is 25.1 Å². The van der Waals surface area contributed by atoms with Crippen LogP contribution in [0.4, 0.5) is 0 Å². The molecule has 0 saturated carbocycles. The first kappa shape index (κ1) is 20.8. The third-order valence-electron chi connectivity index (χ3n) is 3.72. The van der Waals surface area contributed by atoms with Crippen LogP contribution in [0, 0.1) is 6.92 Å². The van der Waals surface area contributed by atoms with Gasteiger partial charge in [-0.15, -0.1) is 0 Å². The second kappa shape index (κ2) is 10.6. The molecule has 0 aromatic heterocycles. The zero-order valence-electron chi connectivity index (χ0n) is 15.6. The van der Waals surface area contributed by atoms with Gasteiger partial charge in [-0.25, -0.2) is 5.43 Å². The predicted molar refractivity (Wildman–Crippen MR) is 109 cm³/mol. The van der Waals surface area contributed by atoms with Crippen molar-refractivity contribution < 1.29 is 19.0 Å². The van der Waals surface area contributed by atoms with Gasteiger partial charge in [-0.1, -0.05) is 6.07 Å². The number of nitrogens with one attached hydrogen (secondary N) is 1. The molecule has 0 spiro atoms. The fourth-order valence-electron chi connectivity index (χ4n) is 2.31. The summed E-state index contributed by atoms with van der Waals surface area (Å²) in [5, 5.41) is 3.98. The lowest BCUT2D eigenvalue weighted by Gasteiger charge is -2.08. The summed E-state index contributed by atoms with van der Waals surface area (Å²) in [7, 11) is 3.16. The minimum atomic E-state index is -0.181. The first-order valence-corrected chi connectivity index (χ1v) is 9.25. The number of carbonyl (C=O) groups is 1.